The molecule has 0 radical (unpaired) electrons. The second-order valence-electron chi connectivity index (χ2n) is 9.20. The molecule has 0 spiro atoms. The van der Waals surface area contributed by atoms with Crippen LogP contribution < -0.4 is 16.0 Å². The van der Waals surface area contributed by atoms with E-state index in [1.807, 2.05) is 62.5 Å². The average molecular weight is 585 g/mol. The summed E-state index contributed by atoms with van der Waals surface area (Å²) in [4.78, 5) is 25.4. The van der Waals surface area contributed by atoms with Gasteiger partial charge in [0, 0.05) is 48.1 Å². The summed E-state index contributed by atoms with van der Waals surface area (Å²) < 4.78 is 1.80. The van der Waals surface area contributed by atoms with E-state index in [1.54, 1.807) is 29.2 Å². The SMILES string of the molecule is CC.CC(C)C.O=C(Cc1ccc(Cl)cc1)NCCNc1cc(-n2ccnc2)nc(NCc2cccc(Cl)c2)n1. The molecule has 0 saturated heterocycles. The van der Waals surface area contributed by atoms with Crippen LogP contribution in [0.3, 0.4) is 0 Å². The Labute approximate surface area is 247 Å². The summed E-state index contributed by atoms with van der Waals surface area (Å²) in [6.07, 6.45) is 5.46. The molecule has 0 aliphatic carbocycles. The minimum absolute atomic E-state index is 0.0604. The van der Waals surface area contributed by atoms with Crippen LogP contribution in [0.5, 0.6) is 0 Å². The van der Waals surface area contributed by atoms with Crippen molar-refractivity contribution in [2.75, 3.05) is 23.7 Å². The first-order valence-electron chi connectivity index (χ1n) is 13.4. The molecule has 8 nitrogen and oxygen atoms in total. The van der Waals surface area contributed by atoms with Gasteiger partial charge < -0.3 is 16.0 Å². The number of aromatic nitrogens is 4. The zero-order valence-corrected chi connectivity index (χ0v) is 25.3. The molecule has 2 aromatic carbocycles. The lowest BCUT2D eigenvalue weighted by atomic mass is 10.1. The summed E-state index contributed by atoms with van der Waals surface area (Å²) in [6.45, 7) is 12.0. The molecule has 4 aromatic rings. The van der Waals surface area contributed by atoms with Crippen LogP contribution in [0.15, 0.2) is 73.3 Å². The van der Waals surface area contributed by atoms with E-state index in [2.05, 4.69) is 51.7 Å². The number of hydrogen-bond acceptors (Lipinski definition) is 6. The summed E-state index contributed by atoms with van der Waals surface area (Å²) in [5, 5.41) is 10.7. The Balaban J connectivity index is 0.000000858. The van der Waals surface area contributed by atoms with Gasteiger partial charge in [-0.3, -0.25) is 9.36 Å². The van der Waals surface area contributed by atoms with Crippen LogP contribution in [0.1, 0.15) is 45.7 Å². The summed E-state index contributed by atoms with van der Waals surface area (Å²) in [6, 6.07) is 16.7. The first-order valence-corrected chi connectivity index (χ1v) is 14.1. The molecule has 3 N–H and O–H groups in total. The Hall–Kier alpha value is -3.62. The highest BCUT2D eigenvalue weighted by Crippen LogP contribution is 2.16. The summed E-state index contributed by atoms with van der Waals surface area (Å²) in [5.41, 5.74) is 1.92. The highest BCUT2D eigenvalue weighted by atomic mass is 35.5. The fourth-order valence-electron chi connectivity index (χ4n) is 3.20. The van der Waals surface area contributed by atoms with Gasteiger partial charge in [-0.15, -0.1) is 0 Å². The van der Waals surface area contributed by atoms with E-state index in [0.717, 1.165) is 17.0 Å². The molecule has 0 unspecified atom stereocenters. The van der Waals surface area contributed by atoms with Crippen LogP contribution in [0, 0.1) is 5.92 Å². The molecule has 0 fully saturated rings. The van der Waals surface area contributed by atoms with Gasteiger partial charge in [-0.05, 0) is 41.3 Å². The van der Waals surface area contributed by atoms with E-state index >= 15 is 0 Å². The van der Waals surface area contributed by atoms with Crippen LogP contribution in [0.25, 0.3) is 5.82 Å². The highest BCUT2D eigenvalue weighted by Gasteiger charge is 2.08. The minimum Gasteiger partial charge on any atom is -0.368 e. The molecule has 0 bridgehead atoms. The van der Waals surface area contributed by atoms with Crippen molar-refractivity contribution in [1.82, 2.24) is 24.8 Å². The van der Waals surface area contributed by atoms with Gasteiger partial charge in [0.25, 0.3) is 0 Å². The van der Waals surface area contributed by atoms with Crippen LogP contribution in [-0.2, 0) is 17.8 Å². The normalized spacial score (nSPS) is 10.1. The van der Waals surface area contributed by atoms with Crippen molar-refractivity contribution in [3.63, 3.8) is 0 Å². The van der Waals surface area contributed by atoms with E-state index < -0.39 is 0 Å². The molecule has 10 heteroatoms. The molecular weight excluding hydrogens is 545 g/mol. The molecule has 214 valence electrons. The topological polar surface area (TPSA) is 96.8 Å². The number of halogens is 2. The lowest BCUT2D eigenvalue weighted by molar-refractivity contribution is -0.120. The maximum absolute atomic E-state index is 12.2. The Kier molecular flexibility index (Phi) is 14.6. The molecule has 40 heavy (non-hydrogen) atoms. The largest absolute Gasteiger partial charge is 0.368 e. The third kappa shape index (κ3) is 12.5. The van der Waals surface area contributed by atoms with Gasteiger partial charge in [-0.25, -0.2) is 4.98 Å². The summed E-state index contributed by atoms with van der Waals surface area (Å²) >= 11 is 12.0. The van der Waals surface area contributed by atoms with Crippen molar-refractivity contribution < 1.29 is 4.79 Å². The molecule has 0 atom stereocenters. The Bertz CT molecular complexity index is 1280. The Morgan fingerprint density at radius 2 is 1.62 bits per heavy atom. The fourth-order valence-corrected chi connectivity index (χ4v) is 3.54. The van der Waals surface area contributed by atoms with Crippen molar-refractivity contribution in [2.24, 2.45) is 5.92 Å². The maximum atomic E-state index is 12.2. The Morgan fingerprint density at radius 1 is 0.900 bits per heavy atom. The van der Waals surface area contributed by atoms with Crippen molar-refractivity contribution in [3.05, 3.63) is 94.5 Å². The molecule has 0 saturated carbocycles. The van der Waals surface area contributed by atoms with Crippen molar-refractivity contribution in [3.8, 4) is 5.82 Å². The summed E-state index contributed by atoms with van der Waals surface area (Å²) in [7, 11) is 0. The van der Waals surface area contributed by atoms with E-state index in [0.29, 0.717) is 53.7 Å². The van der Waals surface area contributed by atoms with Crippen LogP contribution in [0.2, 0.25) is 10.0 Å². The van der Waals surface area contributed by atoms with Crippen LogP contribution >= 0.6 is 23.2 Å². The lowest BCUT2D eigenvalue weighted by Crippen LogP contribution is -2.30. The number of anilines is 2. The monoisotopic (exact) mass is 583 g/mol. The number of amides is 1. The fraction of sp³-hybridized carbons (Fsp3) is 0.333. The molecular formula is C30H39Cl2N7O. The second kappa shape index (κ2) is 17.9. The van der Waals surface area contributed by atoms with Crippen molar-refractivity contribution >= 4 is 40.9 Å². The summed E-state index contributed by atoms with van der Waals surface area (Å²) in [5.74, 6) is 2.52. The zero-order chi connectivity index (χ0) is 29.3. The van der Waals surface area contributed by atoms with Gasteiger partial charge in [-0.2, -0.15) is 9.97 Å². The molecule has 1 amide bonds. The maximum Gasteiger partial charge on any atom is 0.226 e. The lowest BCUT2D eigenvalue weighted by Gasteiger charge is -2.12. The molecule has 2 heterocycles. The quantitative estimate of drug-likeness (QED) is 0.173. The van der Waals surface area contributed by atoms with E-state index in [9.17, 15) is 4.79 Å². The number of carbonyl (C=O) groups is 1. The second-order valence-corrected chi connectivity index (χ2v) is 10.1. The first kappa shape index (κ1) is 32.6. The number of hydrogen-bond donors (Lipinski definition) is 3. The van der Waals surface area contributed by atoms with Gasteiger partial charge in [-0.1, -0.05) is 82.1 Å². The van der Waals surface area contributed by atoms with E-state index in [-0.39, 0.29) is 5.91 Å². The smallest absolute Gasteiger partial charge is 0.226 e. The highest BCUT2D eigenvalue weighted by molar-refractivity contribution is 6.30. The van der Waals surface area contributed by atoms with E-state index in [1.165, 1.54) is 0 Å². The third-order valence-corrected chi connectivity index (χ3v) is 5.34. The molecule has 4 rings (SSSR count). The number of imidazole rings is 1. The predicted molar refractivity (Wildman–Crippen MR) is 166 cm³/mol. The number of carbonyl (C=O) groups excluding carboxylic acids is 1. The molecule has 2 aromatic heterocycles. The minimum atomic E-state index is -0.0604. The number of nitrogens with zero attached hydrogens (tertiary/aromatic N) is 4. The van der Waals surface area contributed by atoms with Gasteiger partial charge in [0.05, 0.1) is 6.42 Å². The van der Waals surface area contributed by atoms with Crippen molar-refractivity contribution in [2.45, 2.75) is 47.6 Å². The number of benzene rings is 2. The number of rotatable bonds is 10. The van der Waals surface area contributed by atoms with Crippen LogP contribution in [-0.4, -0.2) is 38.5 Å². The Morgan fingerprint density at radius 3 is 2.27 bits per heavy atom. The standard InChI is InChI=1S/C24H23Cl2N7O.C4H10.C2H6/c25-19-6-4-17(5-7-19)13-23(34)29-9-8-28-21-14-22(33-11-10-27-16-33)32-24(31-21)30-15-18-2-1-3-20(26)12-18;1-4(2)3;1-2/h1-7,10-12,14,16H,8-9,13,15H2,(H,29,34)(H2,28,30,31,32);4H,1-3H3;1-2H3. The van der Waals surface area contributed by atoms with Gasteiger partial charge in [0.2, 0.25) is 11.9 Å². The molecule has 0 aliphatic rings. The zero-order valence-electron chi connectivity index (χ0n) is 23.8. The molecule has 0 aliphatic heterocycles. The van der Waals surface area contributed by atoms with Crippen molar-refractivity contribution in [1.29, 1.82) is 0 Å². The third-order valence-electron chi connectivity index (χ3n) is 4.85. The van der Waals surface area contributed by atoms with Gasteiger partial charge in [0.1, 0.15) is 18.0 Å². The first-order chi connectivity index (χ1) is 19.3. The van der Waals surface area contributed by atoms with Crippen LogP contribution in [0.4, 0.5) is 11.8 Å². The predicted octanol–water partition coefficient (Wildman–Crippen LogP) is 7.04. The number of nitrogens with one attached hydrogen (secondary N) is 3. The average Bonchev–Trinajstić information content (AvgIpc) is 3.48. The van der Waals surface area contributed by atoms with Gasteiger partial charge >= 0.3 is 0 Å². The van der Waals surface area contributed by atoms with Gasteiger partial charge in [0.15, 0.2) is 0 Å². The van der Waals surface area contributed by atoms with E-state index in [4.69, 9.17) is 23.2 Å².